The third-order valence-corrected chi connectivity index (χ3v) is 5.69. The van der Waals surface area contributed by atoms with E-state index in [9.17, 15) is 14.4 Å². The van der Waals surface area contributed by atoms with Gasteiger partial charge in [-0.15, -0.1) is 0 Å². The molecule has 1 amide bonds. The highest BCUT2D eigenvalue weighted by Gasteiger charge is 2.28. The molecule has 1 saturated heterocycles. The Kier molecular flexibility index (Phi) is 6.81. The van der Waals surface area contributed by atoms with Crippen molar-refractivity contribution in [2.24, 2.45) is 0 Å². The highest BCUT2D eigenvalue weighted by atomic mass is 19.1. The first-order valence-electron chi connectivity index (χ1n) is 10.6. The number of nitriles is 1. The van der Waals surface area contributed by atoms with Crippen LogP contribution in [0.25, 0.3) is 0 Å². The van der Waals surface area contributed by atoms with Crippen molar-refractivity contribution in [3.05, 3.63) is 83.8 Å². The van der Waals surface area contributed by atoms with E-state index in [4.69, 9.17) is 4.74 Å². The van der Waals surface area contributed by atoms with E-state index in [2.05, 4.69) is 21.3 Å². The number of halogens is 1. The van der Waals surface area contributed by atoms with E-state index in [1.165, 1.54) is 6.07 Å². The van der Waals surface area contributed by atoms with Crippen molar-refractivity contribution < 1.29 is 13.9 Å². The standard InChI is InChI=1S/C25H24FN5O2/c1-33-19-10-8-18(9-11-19)23(17-27)30-13-15-31(16-14-30)25(32)20-5-4-12-28-24(20)29-22-7-3-2-6-21(22)26/h2-12,23H,13-16H2,1H3,(H,28,29). The molecule has 0 saturated carbocycles. The number of pyridine rings is 1. The molecule has 1 aliphatic heterocycles. The Morgan fingerprint density at radius 3 is 2.48 bits per heavy atom. The molecule has 2 heterocycles. The van der Waals surface area contributed by atoms with Crippen molar-refractivity contribution in [1.82, 2.24) is 14.8 Å². The van der Waals surface area contributed by atoms with E-state index in [1.807, 2.05) is 24.3 Å². The molecule has 33 heavy (non-hydrogen) atoms. The fourth-order valence-electron chi connectivity index (χ4n) is 3.87. The minimum Gasteiger partial charge on any atom is -0.497 e. The molecule has 3 aromatic rings. The molecule has 1 unspecified atom stereocenters. The van der Waals surface area contributed by atoms with Crippen LogP contribution in [0.2, 0.25) is 0 Å². The average molecular weight is 445 g/mol. The molecule has 1 aromatic heterocycles. The molecule has 8 heteroatoms. The number of anilines is 2. The van der Waals surface area contributed by atoms with Crippen molar-refractivity contribution in [3.8, 4) is 11.8 Å². The molecule has 1 fully saturated rings. The lowest BCUT2D eigenvalue weighted by Crippen LogP contribution is -2.49. The second-order valence-corrected chi connectivity index (χ2v) is 7.64. The van der Waals surface area contributed by atoms with Gasteiger partial charge in [0.1, 0.15) is 23.4 Å². The van der Waals surface area contributed by atoms with Crippen molar-refractivity contribution in [2.45, 2.75) is 6.04 Å². The van der Waals surface area contributed by atoms with Crippen LogP contribution in [0.1, 0.15) is 22.0 Å². The monoisotopic (exact) mass is 445 g/mol. The van der Waals surface area contributed by atoms with Gasteiger partial charge in [-0.2, -0.15) is 5.26 Å². The van der Waals surface area contributed by atoms with E-state index < -0.39 is 11.9 Å². The maximum atomic E-state index is 14.1. The Hall–Kier alpha value is -3.96. The lowest BCUT2D eigenvalue weighted by Gasteiger charge is -2.37. The molecule has 1 aliphatic rings. The number of benzene rings is 2. The highest BCUT2D eigenvalue weighted by molar-refractivity contribution is 5.99. The molecule has 168 valence electrons. The van der Waals surface area contributed by atoms with Crippen LogP contribution in [0.5, 0.6) is 5.75 Å². The van der Waals surface area contributed by atoms with Gasteiger partial charge in [-0.3, -0.25) is 9.69 Å². The van der Waals surface area contributed by atoms with Gasteiger partial charge in [0.2, 0.25) is 0 Å². The Labute approximate surface area is 192 Å². The van der Waals surface area contributed by atoms with Gasteiger partial charge in [-0.05, 0) is 42.0 Å². The van der Waals surface area contributed by atoms with Crippen LogP contribution in [0.4, 0.5) is 15.9 Å². The van der Waals surface area contributed by atoms with E-state index in [0.717, 1.165) is 11.3 Å². The summed E-state index contributed by atoms with van der Waals surface area (Å²) in [5, 5.41) is 12.7. The third kappa shape index (κ3) is 4.94. The molecular formula is C25H24FN5O2. The first-order chi connectivity index (χ1) is 16.1. The van der Waals surface area contributed by atoms with Crippen molar-refractivity contribution >= 4 is 17.4 Å². The number of nitrogens with zero attached hydrogens (tertiary/aromatic N) is 4. The number of ether oxygens (including phenoxy) is 1. The topological polar surface area (TPSA) is 81.5 Å². The van der Waals surface area contributed by atoms with Crippen molar-refractivity contribution in [2.75, 3.05) is 38.6 Å². The quantitative estimate of drug-likeness (QED) is 0.618. The molecule has 2 aromatic carbocycles. The summed E-state index contributed by atoms with van der Waals surface area (Å²) in [4.78, 5) is 21.3. The largest absolute Gasteiger partial charge is 0.497 e. The van der Waals surface area contributed by atoms with Crippen LogP contribution >= 0.6 is 0 Å². The van der Waals surface area contributed by atoms with Crippen molar-refractivity contribution in [1.29, 1.82) is 5.26 Å². The highest BCUT2D eigenvalue weighted by Crippen LogP contribution is 2.26. The fraction of sp³-hybridized carbons (Fsp3) is 0.240. The number of carbonyl (C=O) groups is 1. The predicted molar refractivity (Wildman–Crippen MR) is 123 cm³/mol. The van der Waals surface area contributed by atoms with Gasteiger partial charge >= 0.3 is 0 Å². The molecule has 1 atom stereocenters. The second-order valence-electron chi connectivity index (χ2n) is 7.64. The summed E-state index contributed by atoms with van der Waals surface area (Å²) in [7, 11) is 1.60. The number of nitrogens with one attached hydrogen (secondary N) is 1. The normalized spacial score (nSPS) is 14.9. The van der Waals surface area contributed by atoms with E-state index >= 15 is 0 Å². The van der Waals surface area contributed by atoms with Gasteiger partial charge in [0.05, 0.1) is 24.4 Å². The lowest BCUT2D eigenvalue weighted by molar-refractivity contribution is 0.0607. The van der Waals surface area contributed by atoms with Crippen LogP contribution in [-0.2, 0) is 0 Å². The summed E-state index contributed by atoms with van der Waals surface area (Å²) >= 11 is 0. The van der Waals surface area contributed by atoms with Crippen LogP contribution in [0.3, 0.4) is 0 Å². The van der Waals surface area contributed by atoms with Gasteiger partial charge in [0.25, 0.3) is 5.91 Å². The fourth-order valence-corrected chi connectivity index (χ4v) is 3.87. The number of para-hydroxylation sites is 1. The number of methoxy groups -OCH3 is 1. The van der Waals surface area contributed by atoms with Gasteiger partial charge in [-0.1, -0.05) is 24.3 Å². The molecule has 0 radical (unpaired) electrons. The van der Waals surface area contributed by atoms with Crippen LogP contribution < -0.4 is 10.1 Å². The first kappa shape index (κ1) is 22.2. The number of rotatable bonds is 6. The van der Waals surface area contributed by atoms with E-state index in [-0.39, 0.29) is 11.6 Å². The molecule has 0 spiro atoms. The van der Waals surface area contributed by atoms with Gasteiger partial charge in [-0.25, -0.2) is 9.37 Å². The summed E-state index contributed by atoms with van der Waals surface area (Å²) in [5.74, 6) is 0.445. The second kappa shape index (κ2) is 10.1. The zero-order valence-electron chi connectivity index (χ0n) is 18.2. The van der Waals surface area contributed by atoms with E-state index in [0.29, 0.717) is 37.6 Å². The summed E-state index contributed by atoms with van der Waals surface area (Å²) in [5.41, 5.74) is 1.52. The third-order valence-electron chi connectivity index (χ3n) is 5.69. The number of amides is 1. The molecule has 0 aliphatic carbocycles. The molecular weight excluding hydrogens is 421 g/mol. The lowest BCUT2D eigenvalue weighted by atomic mass is 10.1. The summed E-state index contributed by atoms with van der Waals surface area (Å²) in [6.45, 7) is 2.07. The first-order valence-corrected chi connectivity index (χ1v) is 10.6. The molecule has 4 rings (SSSR count). The van der Waals surface area contributed by atoms with Crippen LogP contribution in [0, 0.1) is 17.1 Å². The number of hydrogen-bond acceptors (Lipinski definition) is 6. The summed E-state index contributed by atoms with van der Waals surface area (Å²) < 4.78 is 19.3. The smallest absolute Gasteiger partial charge is 0.257 e. The SMILES string of the molecule is COc1ccc(C(C#N)N2CCN(C(=O)c3cccnc3Nc3ccccc3F)CC2)cc1. The van der Waals surface area contributed by atoms with Gasteiger partial charge in [0.15, 0.2) is 0 Å². The minimum atomic E-state index is -0.420. The molecule has 7 nitrogen and oxygen atoms in total. The van der Waals surface area contributed by atoms with E-state index in [1.54, 1.807) is 48.5 Å². The average Bonchev–Trinajstić information content (AvgIpc) is 2.87. The Morgan fingerprint density at radius 2 is 1.82 bits per heavy atom. The number of piperazine rings is 1. The molecule has 1 N–H and O–H groups in total. The zero-order chi connectivity index (χ0) is 23.2. The number of aromatic nitrogens is 1. The van der Waals surface area contributed by atoms with Crippen LogP contribution in [-0.4, -0.2) is 54.0 Å². The zero-order valence-corrected chi connectivity index (χ0v) is 18.2. The maximum Gasteiger partial charge on any atom is 0.257 e. The van der Waals surface area contributed by atoms with Crippen molar-refractivity contribution in [3.63, 3.8) is 0 Å². The number of carbonyl (C=O) groups excluding carboxylic acids is 1. The summed E-state index contributed by atoms with van der Waals surface area (Å²) in [6, 6.07) is 19.1. The Bertz CT molecular complexity index is 1150. The Balaban J connectivity index is 1.44. The maximum absolute atomic E-state index is 14.1. The predicted octanol–water partition coefficient (Wildman–Crippen LogP) is 4.00. The Morgan fingerprint density at radius 1 is 1.09 bits per heavy atom. The number of hydrogen-bond donors (Lipinski definition) is 1. The molecule has 0 bridgehead atoms. The van der Waals surface area contributed by atoms with Gasteiger partial charge < -0.3 is 15.0 Å². The van der Waals surface area contributed by atoms with Gasteiger partial charge in [0, 0.05) is 32.4 Å². The van der Waals surface area contributed by atoms with Crippen LogP contribution in [0.15, 0.2) is 66.9 Å². The summed E-state index contributed by atoms with van der Waals surface area (Å²) in [6.07, 6.45) is 1.56. The minimum absolute atomic E-state index is 0.181.